The number of nitrogens with zero attached hydrogens (tertiary/aromatic N) is 3. The van der Waals surface area contributed by atoms with Crippen molar-refractivity contribution >= 4 is 46.1 Å². The van der Waals surface area contributed by atoms with Gasteiger partial charge in [-0.05, 0) is 61.0 Å². The number of thioether (sulfide) groups is 1. The molecule has 10 heteroatoms. The van der Waals surface area contributed by atoms with Crippen molar-refractivity contribution in [2.45, 2.75) is 18.6 Å². The Morgan fingerprint density at radius 2 is 1.67 bits per heavy atom. The number of rotatable bonds is 5. The number of benzene rings is 2. The average molecular weight is 426 g/mol. The molecule has 1 heterocycles. The summed E-state index contributed by atoms with van der Waals surface area (Å²) in [6.45, 7) is 1.72. The summed E-state index contributed by atoms with van der Waals surface area (Å²) < 4.78 is 0. The van der Waals surface area contributed by atoms with Crippen LogP contribution < -0.4 is 10.6 Å². The van der Waals surface area contributed by atoms with Crippen LogP contribution in [0.15, 0.2) is 58.7 Å². The van der Waals surface area contributed by atoms with E-state index < -0.39 is 23.0 Å². The number of hydrogen-bond donors (Lipinski definition) is 3. The summed E-state index contributed by atoms with van der Waals surface area (Å²) in [7, 11) is 0. The van der Waals surface area contributed by atoms with Crippen LogP contribution in [0.25, 0.3) is 0 Å². The van der Waals surface area contributed by atoms with E-state index in [0.717, 1.165) is 22.2 Å². The van der Waals surface area contributed by atoms with Crippen molar-refractivity contribution < 1.29 is 24.6 Å². The second kappa shape index (κ2) is 8.78. The molecule has 1 saturated heterocycles. The number of phenolic OH excluding ortho intramolecular Hbond substituents is 1. The van der Waals surface area contributed by atoms with Gasteiger partial charge in [-0.25, -0.2) is 9.69 Å². The first-order valence-electron chi connectivity index (χ1n) is 8.80. The van der Waals surface area contributed by atoms with Gasteiger partial charge < -0.3 is 15.9 Å². The maximum atomic E-state index is 12.7. The first-order valence-corrected chi connectivity index (χ1v) is 9.68. The minimum atomic E-state index is -1.10. The Kier molecular flexibility index (Phi) is 6.17. The first kappa shape index (κ1) is 21.1. The predicted octanol–water partition coefficient (Wildman–Crippen LogP) is 2.19. The standard InChI is InChI=1S/C20H18N4O5S/c1-11(12-4-8-15(25)9-5-12)22-23-20(21)30-16-10-17(26)24(18(16)27)14-6-2-13(3-7-14)19(28)29/h2-9,16,25H,10H2,1H3,(H2,21,23)(H,28,29)/b22-11-/t16-/m0/s1. The third-order valence-electron chi connectivity index (χ3n) is 4.32. The second-order valence-corrected chi connectivity index (χ2v) is 7.62. The molecule has 2 aromatic rings. The minimum Gasteiger partial charge on any atom is -0.508 e. The lowest BCUT2D eigenvalue weighted by Crippen LogP contribution is -2.31. The Hall–Kier alpha value is -3.66. The average Bonchev–Trinajstić information content (AvgIpc) is 2.99. The molecule has 0 bridgehead atoms. The number of carbonyl (C=O) groups is 3. The molecule has 2 aromatic carbocycles. The number of hydrogen-bond acceptors (Lipinski definition) is 7. The SMILES string of the molecule is C/C(=N/N=C(N)S[C@H]1CC(=O)N(c2ccc(C(=O)O)cc2)C1=O)c1ccc(O)cc1. The van der Waals surface area contributed by atoms with E-state index in [2.05, 4.69) is 10.2 Å². The molecule has 0 aliphatic carbocycles. The number of nitrogens with two attached hydrogens (primary N) is 1. The van der Waals surface area contributed by atoms with Crippen molar-refractivity contribution in [1.29, 1.82) is 0 Å². The zero-order chi connectivity index (χ0) is 21.8. The van der Waals surface area contributed by atoms with Gasteiger partial charge in [0.15, 0.2) is 5.17 Å². The smallest absolute Gasteiger partial charge is 0.335 e. The number of amidine groups is 1. The van der Waals surface area contributed by atoms with Crippen molar-refractivity contribution in [2.24, 2.45) is 15.9 Å². The summed E-state index contributed by atoms with van der Waals surface area (Å²) in [5, 5.41) is 25.5. The van der Waals surface area contributed by atoms with Gasteiger partial charge in [-0.1, -0.05) is 11.8 Å². The van der Waals surface area contributed by atoms with E-state index in [-0.39, 0.29) is 22.9 Å². The zero-order valence-electron chi connectivity index (χ0n) is 15.8. The summed E-state index contributed by atoms with van der Waals surface area (Å²) in [5.74, 6) is -1.82. The highest BCUT2D eigenvalue weighted by atomic mass is 32.2. The Balaban J connectivity index is 1.69. The van der Waals surface area contributed by atoms with E-state index in [9.17, 15) is 19.5 Å². The number of amides is 2. The molecule has 1 aliphatic rings. The summed E-state index contributed by atoms with van der Waals surface area (Å²) in [6.07, 6.45) is -0.0545. The number of carboxylic acids is 1. The number of anilines is 1. The lowest BCUT2D eigenvalue weighted by Gasteiger charge is -2.14. The van der Waals surface area contributed by atoms with Crippen LogP contribution in [-0.2, 0) is 9.59 Å². The van der Waals surface area contributed by atoms with Crippen molar-refractivity contribution in [3.05, 3.63) is 59.7 Å². The molecular formula is C20H18N4O5S. The van der Waals surface area contributed by atoms with E-state index in [1.807, 2.05) is 0 Å². The Morgan fingerprint density at radius 1 is 1.07 bits per heavy atom. The quantitative estimate of drug-likeness (QED) is 0.287. The van der Waals surface area contributed by atoms with Crippen molar-refractivity contribution in [3.63, 3.8) is 0 Å². The molecule has 0 saturated carbocycles. The molecule has 3 rings (SSSR count). The Bertz CT molecular complexity index is 1050. The lowest BCUT2D eigenvalue weighted by molar-refractivity contribution is -0.121. The Morgan fingerprint density at radius 3 is 2.27 bits per heavy atom. The fraction of sp³-hybridized carbons (Fsp3) is 0.150. The molecule has 1 atom stereocenters. The number of carboxylic acid groups (broad SMARTS) is 1. The van der Waals surface area contributed by atoms with Gasteiger partial charge in [-0.15, -0.1) is 5.10 Å². The number of imide groups is 1. The minimum absolute atomic E-state index is 0.0300. The summed E-state index contributed by atoms with van der Waals surface area (Å²) in [5.41, 5.74) is 7.54. The molecule has 0 unspecified atom stereocenters. The fourth-order valence-electron chi connectivity index (χ4n) is 2.77. The third kappa shape index (κ3) is 4.66. The van der Waals surface area contributed by atoms with Gasteiger partial charge in [0.25, 0.3) is 0 Å². The van der Waals surface area contributed by atoms with E-state index in [0.29, 0.717) is 11.4 Å². The van der Waals surface area contributed by atoms with Gasteiger partial charge in [-0.3, -0.25) is 9.59 Å². The van der Waals surface area contributed by atoms with Crippen molar-refractivity contribution in [3.8, 4) is 5.75 Å². The predicted molar refractivity (Wildman–Crippen MR) is 114 cm³/mol. The van der Waals surface area contributed by atoms with Gasteiger partial charge >= 0.3 is 5.97 Å². The number of phenols is 1. The summed E-state index contributed by atoms with van der Waals surface area (Å²) >= 11 is 0.940. The highest BCUT2D eigenvalue weighted by Crippen LogP contribution is 2.30. The number of carbonyl (C=O) groups excluding carboxylic acids is 2. The van der Waals surface area contributed by atoms with E-state index >= 15 is 0 Å². The van der Waals surface area contributed by atoms with Crippen LogP contribution in [0, 0.1) is 0 Å². The monoisotopic (exact) mass is 426 g/mol. The molecule has 2 amide bonds. The van der Waals surface area contributed by atoms with Crippen molar-refractivity contribution in [1.82, 2.24) is 0 Å². The van der Waals surface area contributed by atoms with Crippen LogP contribution in [0.2, 0.25) is 0 Å². The second-order valence-electron chi connectivity index (χ2n) is 6.40. The topological polar surface area (TPSA) is 146 Å². The third-order valence-corrected chi connectivity index (χ3v) is 5.30. The maximum Gasteiger partial charge on any atom is 0.335 e. The molecule has 30 heavy (non-hydrogen) atoms. The molecule has 9 nitrogen and oxygen atoms in total. The molecule has 4 N–H and O–H groups in total. The van der Waals surface area contributed by atoms with Gasteiger partial charge in [0.1, 0.15) is 11.0 Å². The van der Waals surface area contributed by atoms with Crippen LogP contribution in [0.5, 0.6) is 5.75 Å². The summed E-state index contributed by atoms with van der Waals surface area (Å²) in [4.78, 5) is 36.9. The van der Waals surface area contributed by atoms with Crippen LogP contribution in [0.4, 0.5) is 5.69 Å². The van der Waals surface area contributed by atoms with Crippen LogP contribution in [-0.4, -0.2) is 44.1 Å². The zero-order valence-corrected chi connectivity index (χ0v) is 16.7. The number of aromatic hydroxyl groups is 1. The molecule has 154 valence electrons. The lowest BCUT2D eigenvalue weighted by atomic mass is 10.1. The highest BCUT2D eigenvalue weighted by Gasteiger charge is 2.40. The van der Waals surface area contributed by atoms with Crippen LogP contribution in [0.1, 0.15) is 29.3 Å². The fourth-order valence-corrected chi connectivity index (χ4v) is 3.59. The Labute approximate surface area is 175 Å². The molecule has 0 radical (unpaired) electrons. The van der Waals surface area contributed by atoms with Crippen LogP contribution >= 0.6 is 11.8 Å². The van der Waals surface area contributed by atoms with Crippen LogP contribution in [0.3, 0.4) is 0 Å². The van der Waals surface area contributed by atoms with E-state index in [1.54, 1.807) is 19.1 Å². The van der Waals surface area contributed by atoms with Gasteiger partial charge in [-0.2, -0.15) is 5.10 Å². The van der Waals surface area contributed by atoms with E-state index in [4.69, 9.17) is 10.8 Å². The molecular weight excluding hydrogens is 408 g/mol. The first-order chi connectivity index (χ1) is 14.3. The molecule has 1 aliphatic heterocycles. The van der Waals surface area contributed by atoms with Crippen molar-refractivity contribution in [2.75, 3.05) is 4.90 Å². The molecule has 0 aromatic heterocycles. The van der Waals surface area contributed by atoms with Gasteiger partial charge in [0, 0.05) is 6.42 Å². The van der Waals surface area contributed by atoms with E-state index in [1.165, 1.54) is 36.4 Å². The van der Waals surface area contributed by atoms with Gasteiger partial charge in [0.05, 0.1) is 17.0 Å². The highest BCUT2D eigenvalue weighted by molar-refractivity contribution is 8.14. The molecule has 1 fully saturated rings. The largest absolute Gasteiger partial charge is 0.508 e. The normalized spacial score (nSPS) is 17.5. The van der Waals surface area contributed by atoms with Gasteiger partial charge in [0.2, 0.25) is 11.8 Å². The summed E-state index contributed by atoms with van der Waals surface area (Å²) in [6, 6.07) is 11.9. The molecule has 0 spiro atoms. The maximum absolute atomic E-state index is 12.7. The number of aromatic carboxylic acids is 1.